The second kappa shape index (κ2) is 5.13. The van der Waals surface area contributed by atoms with Crippen LogP contribution in [0.3, 0.4) is 0 Å². The van der Waals surface area contributed by atoms with E-state index in [9.17, 15) is 9.90 Å². The molecule has 0 aliphatic carbocycles. The number of aromatic hydroxyl groups is 1. The van der Waals surface area contributed by atoms with Gasteiger partial charge in [0.05, 0.1) is 6.42 Å². The minimum Gasteiger partial charge on any atom is -0.508 e. The van der Waals surface area contributed by atoms with Gasteiger partial charge in [-0.25, -0.2) is 0 Å². The SMILES string of the molecule is Cc1cc2c(cc1N)N(C(=O)Cc1cccc(O)c1)CC2. The molecule has 4 heteroatoms. The first-order chi connectivity index (χ1) is 10.0. The molecule has 1 aliphatic rings. The summed E-state index contributed by atoms with van der Waals surface area (Å²) in [4.78, 5) is 14.3. The van der Waals surface area contributed by atoms with Gasteiger partial charge < -0.3 is 15.7 Å². The van der Waals surface area contributed by atoms with Crippen LogP contribution < -0.4 is 10.6 Å². The average Bonchev–Trinajstić information content (AvgIpc) is 2.82. The number of anilines is 2. The van der Waals surface area contributed by atoms with Gasteiger partial charge in [0.2, 0.25) is 5.91 Å². The Labute approximate surface area is 123 Å². The van der Waals surface area contributed by atoms with Crippen LogP contribution in [-0.4, -0.2) is 17.6 Å². The van der Waals surface area contributed by atoms with E-state index in [0.29, 0.717) is 12.2 Å². The fourth-order valence-electron chi connectivity index (χ4n) is 2.77. The van der Waals surface area contributed by atoms with Crippen LogP contribution in [0.5, 0.6) is 5.75 Å². The normalized spacial score (nSPS) is 13.3. The number of aryl methyl sites for hydroxylation is 1. The topological polar surface area (TPSA) is 66.6 Å². The first kappa shape index (κ1) is 13.5. The van der Waals surface area contributed by atoms with Crippen molar-refractivity contribution in [2.45, 2.75) is 19.8 Å². The molecule has 0 bridgehead atoms. The molecule has 2 aromatic carbocycles. The molecule has 108 valence electrons. The lowest BCUT2D eigenvalue weighted by atomic mass is 10.1. The lowest BCUT2D eigenvalue weighted by Gasteiger charge is -2.18. The summed E-state index contributed by atoms with van der Waals surface area (Å²) in [6.07, 6.45) is 1.14. The van der Waals surface area contributed by atoms with Gasteiger partial charge in [0.25, 0.3) is 0 Å². The molecule has 3 rings (SSSR count). The number of benzene rings is 2. The number of nitrogen functional groups attached to an aromatic ring is 1. The van der Waals surface area contributed by atoms with Gasteiger partial charge in [-0.05, 0) is 48.2 Å². The Balaban J connectivity index is 1.84. The molecule has 0 radical (unpaired) electrons. The maximum absolute atomic E-state index is 12.5. The first-order valence-electron chi connectivity index (χ1n) is 7.02. The maximum Gasteiger partial charge on any atom is 0.231 e. The molecule has 0 fully saturated rings. The second-order valence-electron chi connectivity index (χ2n) is 5.48. The highest BCUT2D eigenvalue weighted by atomic mass is 16.3. The molecule has 21 heavy (non-hydrogen) atoms. The van der Waals surface area contributed by atoms with E-state index in [2.05, 4.69) is 6.07 Å². The third kappa shape index (κ3) is 2.57. The van der Waals surface area contributed by atoms with Crippen molar-refractivity contribution in [1.29, 1.82) is 0 Å². The Bertz CT molecular complexity index is 710. The molecule has 0 saturated carbocycles. The van der Waals surface area contributed by atoms with E-state index in [1.165, 1.54) is 5.56 Å². The van der Waals surface area contributed by atoms with Gasteiger partial charge in [-0.2, -0.15) is 0 Å². The number of nitrogens with zero attached hydrogens (tertiary/aromatic N) is 1. The van der Waals surface area contributed by atoms with Gasteiger partial charge in [-0.1, -0.05) is 18.2 Å². The van der Waals surface area contributed by atoms with Crippen LogP contribution in [0.25, 0.3) is 0 Å². The highest BCUT2D eigenvalue weighted by molar-refractivity contribution is 5.97. The molecule has 0 saturated heterocycles. The summed E-state index contributed by atoms with van der Waals surface area (Å²) in [5.41, 5.74) is 10.6. The number of nitrogens with two attached hydrogens (primary N) is 1. The second-order valence-corrected chi connectivity index (χ2v) is 5.48. The summed E-state index contributed by atoms with van der Waals surface area (Å²) in [5, 5.41) is 9.47. The van der Waals surface area contributed by atoms with Crippen LogP contribution in [-0.2, 0) is 17.6 Å². The average molecular weight is 282 g/mol. The maximum atomic E-state index is 12.5. The Morgan fingerprint density at radius 3 is 2.90 bits per heavy atom. The molecular weight excluding hydrogens is 264 g/mol. The summed E-state index contributed by atoms with van der Waals surface area (Å²) in [6.45, 7) is 2.67. The van der Waals surface area contributed by atoms with E-state index >= 15 is 0 Å². The Kier molecular flexibility index (Phi) is 3.29. The minimum absolute atomic E-state index is 0.0302. The van der Waals surface area contributed by atoms with Gasteiger partial charge in [-0.15, -0.1) is 0 Å². The van der Waals surface area contributed by atoms with Crippen molar-refractivity contribution in [3.05, 3.63) is 53.1 Å². The van der Waals surface area contributed by atoms with Crippen LogP contribution in [0.2, 0.25) is 0 Å². The Hall–Kier alpha value is -2.49. The third-order valence-electron chi connectivity index (χ3n) is 3.93. The van der Waals surface area contributed by atoms with E-state index in [1.807, 2.05) is 19.1 Å². The molecule has 3 N–H and O–H groups in total. The molecule has 0 atom stereocenters. The van der Waals surface area contributed by atoms with Crippen LogP contribution in [0.15, 0.2) is 36.4 Å². The third-order valence-corrected chi connectivity index (χ3v) is 3.93. The molecule has 1 heterocycles. The van der Waals surface area contributed by atoms with Crippen molar-refractivity contribution >= 4 is 17.3 Å². The summed E-state index contributed by atoms with van der Waals surface area (Å²) >= 11 is 0. The van der Waals surface area contributed by atoms with Crippen LogP contribution in [0.4, 0.5) is 11.4 Å². The number of phenols is 1. The van der Waals surface area contributed by atoms with Crippen molar-refractivity contribution in [2.75, 3.05) is 17.2 Å². The fraction of sp³-hybridized carbons (Fsp3) is 0.235. The zero-order valence-electron chi connectivity index (χ0n) is 12.0. The van der Waals surface area contributed by atoms with Gasteiger partial charge in [0, 0.05) is 17.9 Å². The van der Waals surface area contributed by atoms with Crippen molar-refractivity contribution in [3.8, 4) is 5.75 Å². The van der Waals surface area contributed by atoms with Crippen LogP contribution in [0, 0.1) is 6.92 Å². The van der Waals surface area contributed by atoms with E-state index < -0.39 is 0 Å². The lowest BCUT2D eigenvalue weighted by molar-refractivity contribution is -0.117. The first-order valence-corrected chi connectivity index (χ1v) is 7.02. The van der Waals surface area contributed by atoms with Crippen molar-refractivity contribution in [3.63, 3.8) is 0 Å². The number of hydrogen-bond donors (Lipinski definition) is 2. The number of rotatable bonds is 2. The minimum atomic E-state index is 0.0302. The largest absolute Gasteiger partial charge is 0.508 e. The fourth-order valence-corrected chi connectivity index (χ4v) is 2.77. The van der Waals surface area contributed by atoms with E-state index in [0.717, 1.165) is 23.2 Å². The predicted octanol–water partition coefficient (Wildman–Crippen LogP) is 2.41. The van der Waals surface area contributed by atoms with E-state index in [-0.39, 0.29) is 18.1 Å². The lowest BCUT2D eigenvalue weighted by Crippen LogP contribution is -2.30. The molecular formula is C17H18N2O2. The Morgan fingerprint density at radius 1 is 1.33 bits per heavy atom. The number of carbonyl (C=O) groups is 1. The summed E-state index contributed by atoms with van der Waals surface area (Å²) in [6, 6.07) is 10.8. The molecule has 0 unspecified atom stereocenters. The molecule has 0 aromatic heterocycles. The highest BCUT2D eigenvalue weighted by Crippen LogP contribution is 2.32. The predicted molar refractivity (Wildman–Crippen MR) is 83.5 cm³/mol. The van der Waals surface area contributed by atoms with E-state index in [1.54, 1.807) is 23.1 Å². The number of amides is 1. The van der Waals surface area contributed by atoms with Gasteiger partial charge in [0.1, 0.15) is 5.75 Å². The zero-order valence-corrected chi connectivity index (χ0v) is 12.0. The van der Waals surface area contributed by atoms with Gasteiger partial charge >= 0.3 is 0 Å². The number of carbonyl (C=O) groups excluding carboxylic acids is 1. The standard InChI is InChI=1S/C17H18N2O2/c1-11-7-13-5-6-19(16(13)10-15(11)18)17(21)9-12-3-2-4-14(20)8-12/h2-4,7-8,10,20H,5-6,9,18H2,1H3. The zero-order chi connectivity index (χ0) is 15.0. The molecule has 0 spiro atoms. The molecule has 4 nitrogen and oxygen atoms in total. The number of fused-ring (bicyclic) bond motifs is 1. The Morgan fingerprint density at radius 2 is 2.14 bits per heavy atom. The molecule has 1 aliphatic heterocycles. The number of hydrogen-bond acceptors (Lipinski definition) is 3. The molecule has 2 aromatic rings. The van der Waals surface area contributed by atoms with Crippen LogP contribution in [0.1, 0.15) is 16.7 Å². The monoisotopic (exact) mass is 282 g/mol. The smallest absolute Gasteiger partial charge is 0.231 e. The summed E-state index contributed by atoms with van der Waals surface area (Å²) < 4.78 is 0. The van der Waals surface area contributed by atoms with E-state index in [4.69, 9.17) is 5.73 Å². The van der Waals surface area contributed by atoms with Crippen molar-refractivity contribution in [2.24, 2.45) is 0 Å². The summed E-state index contributed by atoms with van der Waals surface area (Å²) in [5.74, 6) is 0.213. The van der Waals surface area contributed by atoms with Gasteiger partial charge in [-0.3, -0.25) is 4.79 Å². The van der Waals surface area contributed by atoms with Crippen molar-refractivity contribution < 1.29 is 9.90 Å². The quantitative estimate of drug-likeness (QED) is 0.831. The van der Waals surface area contributed by atoms with Crippen LogP contribution >= 0.6 is 0 Å². The molecule has 1 amide bonds. The highest BCUT2D eigenvalue weighted by Gasteiger charge is 2.25. The van der Waals surface area contributed by atoms with Gasteiger partial charge in [0.15, 0.2) is 0 Å². The van der Waals surface area contributed by atoms with Crippen molar-refractivity contribution in [1.82, 2.24) is 0 Å². The summed E-state index contributed by atoms with van der Waals surface area (Å²) in [7, 11) is 0. The number of phenolic OH excluding ortho intramolecular Hbond substituents is 1.